The molecule has 0 aromatic heterocycles. The molecule has 100 valence electrons. The monoisotopic (exact) mass is 265 g/mol. The van der Waals surface area contributed by atoms with E-state index < -0.39 is 0 Å². The lowest BCUT2D eigenvalue weighted by molar-refractivity contribution is 0.269. The molecule has 0 saturated heterocycles. The number of benzene rings is 1. The smallest absolute Gasteiger partial charge is 0.0408 e. The molecule has 1 saturated carbocycles. The molecule has 2 heteroatoms. The van der Waals surface area contributed by atoms with E-state index in [2.05, 4.69) is 30.4 Å². The first-order valence-corrected chi connectivity index (χ1v) is 7.65. The predicted octanol–water partition coefficient (Wildman–Crippen LogP) is 4.44. The third-order valence-electron chi connectivity index (χ3n) is 4.03. The molecule has 1 aromatic carbocycles. The van der Waals surface area contributed by atoms with E-state index in [0.29, 0.717) is 6.04 Å². The van der Waals surface area contributed by atoms with Gasteiger partial charge < -0.3 is 5.32 Å². The number of likely N-dealkylation sites (N-methyl/N-ethyl adjacent to an activating group) is 1. The van der Waals surface area contributed by atoms with Crippen molar-refractivity contribution in [3.8, 4) is 0 Å². The maximum absolute atomic E-state index is 6.07. The lowest BCUT2D eigenvalue weighted by atomic mass is 9.81. The fourth-order valence-corrected chi connectivity index (χ4v) is 3.33. The zero-order valence-corrected chi connectivity index (χ0v) is 12.0. The standard InChI is InChI=1S/C16H24ClN/c1-2-18-16(14-8-4-3-5-9-14)12-13-7-6-10-15(17)11-13/h6-7,10-11,14,16,18H,2-5,8-9,12H2,1H3. The van der Waals surface area contributed by atoms with Crippen molar-refractivity contribution in [2.24, 2.45) is 5.92 Å². The van der Waals surface area contributed by atoms with Crippen molar-refractivity contribution in [2.45, 2.75) is 51.5 Å². The predicted molar refractivity (Wildman–Crippen MR) is 79.2 cm³/mol. The summed E-state index contributed by atoms with van der Waals surface area (Å²) in [5.41, 5.74) is 1.36. The number of halogens is 1. The number of hydrogen-bond donors (Lipinski definition) is 1. The highest BCUT2D eigenvalue weighted by Crippen LogP contribution is 2.28. The number of hydrogen-bond acceptors (Lipinski definition) is 1. The van der Waals surface area contributed by atoms with E-state index in [1.165, 1.54) is 37.7 Å². The Morgan fingerprint density at radius 1 is 1.28 bits per heavy atom. The van der Waals surface area contributed by atoms with Gasteiger partial charge in [0.1, 0.15) is 0 Å². The maximum atomic E-state index is 6.07. The Balaban J connectivity index is 2.00. The van der Waals surface area contributed by atoms with Crippen molar-refractivity contribution >= 4 is 11.6 Å². The molecule has 0 aliphatic heterocycles. The quantitative estimate of drug-likeness (QED) is 0.830. The molecule has 1 N–H and O–H groups in total. The van der Waals surface area contributed by atoms with Crippen LogP contribution in [0.2, 0.25) is 5.02 Å². The molecule has 2 rings (SSSR count). The van der Waals surface area contributed by atoms with Gasteiger partial charge in [0.25, 0.3) is 0 Å². The van der Waals surface area contributed by atoms with Crippen LogP contribution >= 0.6 is 11.6 Å². The highest BCUT2D eigenvalue weighted by Gasteiger charge is 2.22. The molecule has 18 heavy (non-hydrogen) atoms. The minimum absolute atomic E-state index is 0.619. The average Bonchev–Trinajstić information content (AvgIpc) is 2.39. The Morgan fingerprint density at radius 2 is 2.06 bits per heavy atom. The van der Waals surface area contributed by atoms with Crippen molar-refractivity contribution in [3.63, 3.8) is 0 Å². The van der Waals surface area contributed by atoms with Crippen LogP contribution in [0, 0.1) is 5.92 Å². The summed E-state index contributed by atoms with van der Waals surface area (Å²) in [6.45, 7) is 3.26. The summed E-state index contributed by atoms with van der Waals surface area (Å²) in [7, 11) is 0. The molecule has 1 atom stereocenters. The third kappa shape index (κ3) is 4.00. The van der Waals surface area contributed by atoms with Crippen molar-refractivity contribution in [1.29, 1.82) is 0 Å². The highest BCUT2D eigenvalue weighted by molar-refractivity contribution is 6.30. The van der Waals surface area contributed by atoms with Crippen LogP contribution in [0.4, 0.5) is 0 Å². The molecular weight excluding hydrogens is 242 g/mol. The molecule has 1 aliphatic carbocycles. The highest BCUT2D eigenvalue weighted by atomic mass is 35.5. The van der Waals surface area contributed by atoms with Gasteiger partial charge in [0.15, 0.2) is 0 Å². The summed E-state index contributed by atoms with van der Waals surface area (Å²) >= 11 is 6.07. The summed E-state index contributed by atoms with van der Waals surface area (Å²) < 4.78 is 0. The first-order chi connectivity index (χ1) is 8.79. The minimum Gasteiger partial charge on any atom is -0.314 e. The van der Waals surface area contributed by atoms with Gasteiger partial charge in [-0.15, -0.1) is 0 Å². The molecule has 1 nitrogen and oxygen atoms in total. The van der Waals surface area contributed by atoms with Crippen molar-refractivity contribution < 1.29 is 0 Å². The normalized spacial score (nSPS) is 18.8. The molecule has 1 aromatic rings. The first-order valence-electron chi connectivity index (χ1n) is 7.27. The van der Waals surface area contributed by atoms with E-state index in [4.69, 9.17) is 11.6 Å². The fraction of sp³-hybridized carbons (Fsp3) is 0.625. The Hall–Kier alpha value is -0.530. The SMILES string of the molecule is CCNC(Cc1cccc(Cl)c1)C1CCCCC1. The van der Waals surface area contributed by atoms with Crippen molar-refractivity contribution in [2.75, 3.05) is 6.54 Å². The Morgan fingerprint density at radius 3 is 2.72 bits per heavy atom. The van der Waals surface area contributed by atoms with Crippen LogP contribution in [-0.2, 0) is 6.42 Å². The van der Waals surface area contributed by atoms with E-state index in [9.17, 15) is 0 Å². The van der Waals surface area contributed by atoms with Gasteiger partial charge in [-0.3, -0.25) is 0 Å². The van der Waals surface area contributed by atoms with Crippen LogP contribution in [0.3, 0.4) is 0 Å². The Kier molecular flexibility index (Phi) is 5.52. The molecule has 0 heterocycles. The molecule has 0 spiro atoms. The van der Waals surface area contributed by atoms with E-state index in [-0.39, 0.29) is 0 Å². The second-order valence-corrected chi connectivity index (χ2v) is 5.83. The summed E-state index contributed by atoms with van der Waals surface area (Å²) in [6.07, 6.45) is 8.12. The van der Waals surface area contributed by atoms with Gasteiger partial charge in [-0.25, -0.2) is 0 Å². The van der Waals surface area contributed by atoms with Gasteiger partial charge >= 0.3 is 0 Å². The number of nitrogens with one attached hydrogen (secondary N) is 1. The number of rotatable bonds is 5. The van der Waals surface area contributed by atoms with E-state index in [0.717, 1.165) is 23.9 Å². The Labute approximate surface area is 116 Å². The molecule has 0 bridgehead atoms. The summed E-state index contributed by atoms with van der Waals surface area (Å²) in [6, 6.07) is 8.93. The zero-order chi connectivity index (χ0) is 12.8. The van der Waals surface area contributed by atoms with E-state index >= 15 is 0 Å². The minimum atomic E-state index is 0.619. The Bertz CT molecular complexity index is 358. The summed E-state index contributed by atoms with van der Waals surface area (Å²) in [5, 5.41) is 4.53. The lowest BCUT2D eigenvalue weighted by Gasteiger charge is -2.31. The third-order valence-corrected chi connectivity index (χ3v) is 4.26. The molecular formula is C16H24ClN. The van der Waals surface area contributed by atoms with Crippen molar-refractivity contribution in [3.05, 3.63) is 34.9 Å². The average molecular weight is 266 g/mol. The van der Waals surface area contributed by atoms with Gasteiger partial charge in [0.2, 0.25) is 0 Å². The van der Waals surface area contributed by atoms with Crippen molar-refractivity contribution in [1.82, 2.24) is 5.32 Å². The van der Waals surface area contributed by atoms with Gasteiger partial charge in [-0.2, -0.15) is 0 Å². The zero-order valence-electron chi connectivity index (χ0n) is 11.3. The van der Waals surface area contributed by atoms with Crippen LogP contribution in [0.1, 0.15) is 44.6 Å². The van der Waals surface area contributed by atoms with Gasteiger partial charge in [0.05, 0.1) is 0 Å². The van der Waals surface area contributed by atoms with Gasteiger partial charge in [0, 0.05) is 11.1 Å². The second kappa shape index (κ2) is 7.16. The molecule has 1 fully saturated rings. The fourth-order valence-electron chi connectivity index (χ4n) is 3.12. The van der Waals surface area contributed by atoms with Crippen LogP contribution < -0.4 is 5.32 Å². The van der Waals surface area contributed by atoms with Crippen LogP contribution in [0.5, 0.6) is 0 Å². The van der Waals surface area contributed by atoms with E-state index in [1.54, 1.807) is 0 Å². The van der Waals surface area contributed by atoms with Crippen LogP contribution in [0.15, 0.2) is 24.3 Å². The molecule has 1 aliphatic rings. The topological polar surface area (TPSA) is 12.0 Å². The molecule has 0 radical (unpaired) electrons. The summed E-state index contributed by atoms with van der Waals surface area (Å²) in [4.78, 5) is 0. The largest absolute Gasteiger partial charge is 0.314 e. The maximum Gasteiger partial charge on any atom is 0.0408 e. The van der Waals surface area contributed by atoms with Gasteiger partial charge in [-0.05, 0) is 49.4 Å². The summed E-state index contributed by atoms with van der Waals surface area (Å²) in [5.74, 6) is 0.845. The van der Waals surface area contributed by atoms with Gasteiger partial charge in [-0.1, -0.05) is 49.9 Å². The molecule has 1 unspecified atom stereocenters. The lowest BCUT2D eigenvalue weighted by Crippen LogP contribution is -2.38. The second-order valence-electron chi connectivity index (χ2n) is 5.40. The van der Waals surface area contributed by atoms with E-state index in [1.807, 2.05) is 6.07 Å². The first kappa shape index (κ1) is 13.9. The van der Waals surface area contributed by atoms with Crippen LogP contribution in [0.25, 0.3) is 0 Å². The molecule has 0 amide bonds. The van der Waals surface area contributed by atoms with Crippen LogP contribution in [-0.4, -0.2) is 12.6 Å².